The fourth-order valence-electron chi connectivity index (χ4n) is 2.04. The molecule has 1 aromatic rings. The lowest BCUT2D eigenvalue weighted by Gasteiger charge is -2.29. The van der Waals surface area contributed by atoms with Crippen LogP contribution >= 0.6 is 12.4 Å². The fraction of sp³-hybridized carbons (Fsp3) is 0.533. The Balaban J connectivity index is 0.00000324. The molecule has 0 saturated heterocycles. The first-order valence-electron chi connectivity index (χ1n) is 6.29. The number of aryl methyl sites for hydroxylation is 2. The molecule has 0 aliphatic carbocycles. The van der Waals surface area contributed by atoms with E-state index >= 15 is 0 Å². The third kappa shape index (κ3) is 4.84. The van der Waals surface area contributed by atoms with Crippen LogP contribution in [-0.2, 0) is 0 Å². The molecule has 0 aromatic heterocycles. The second-order valence-electron chi connectivity index (χ2n) is 5.85. The fourth-order valence-corrected chi connectivity index (χ4v) is 2.04. The molecule has 0 radical (unpaired) electrons. The number of nitrogens with two attached hydrogens (primary N) is 1. The number of hydrogen-bond acceptors (Lipinski definition) is 2. The second kappa shape index (κ2) is 6.92. The van der Waals surface area contributed by atoms with Gasteiger partial charge in [-0.15, -0.1) is 12.4 Å². The van der Waals surface area contributed by atoms with Crippen molar-refractivity contribution in [2.45, 2.75) is 27.7 Å². The van der Waals surface area contributed by atoms with Gasteiger partial charge in [-0.05, 0) is 37.4 Å². The molecule has 2 N–H and O–H groups in total. The molecular formula is C15H25ClN2O. The van der Waals surface area contributed by atoms with Crippen molar-refractivity contribution in [2.75, 3.05) is 20.1 Å². The van der Waals surface area contributed by atoms with Gasteiger partial charge in [0.05, 0.1) is 0 Å². The predicted molar refractivity (Wildman–Crippen MR) is 83.0 cm³/mol. The van der Waals surface area contributed by atoms with Gasteiger partial charge in [0.25, 0.3) is 5.91 Å². The van der Waals surface area contributed by atoms with Crippen molar-refractivity contribution in [3.05, 3.63) is 34.9 Å². The molecule has 0 unspecified atom stereocenters. The summed E-state index contributed by atoms with van der Waals surface area (Å²) in [6.45, 7) is 9.37. The molecule has 0 bridgehead atoms. The van der Waals surface area contributed by atoms with Crippen LogP contribution in [0.2, 0.25) is 0 Å². The van der Waals surface area contributed by atoms with Gasteiger partial charge in [-0.2, -0.15) is 0 Å². The van der Waals surface area contributed by atoms with Crippen LogP contribution in [0, 0.1) is 19.3 Å². The summed E-state index contributed by atoms with van der Waals surface area (Å²) in [5.41, 5.74) is 8.63. The van der Waals surface area contributed by atoms with Crippen LogP contribution < -0.4 is 5.73 Å². The summed E-state index contributed by atoms with van der Waals surface area (Å²) in [4.78, 5) is 14.1. The Bertz CT molecular complexity index is 444. The number of hydrogen-bond donors (Lipinski definition) is 1. The summed E-state index contributed by atoms with van der Waals surface area (Å²) in [5.74, 6) is 0.0639. The quantitative estimate of drug-likeness (QED) is 0.924. The smallest absolute Gasteiger partial charge is 0.253 e. The number of carbonyl (C=O) groups is 1. The molecule has 1 amide bonds. The Hall–Kier alpha value is -1.06. The third-order valence-electron chi connectivity index (χ3n) is 3.18. The van der Waals surface area contributed by atoms with Crippen molar-refractivity contribution in [2.24, 2.45) is 11.1 Å². The topological polar surface area (TPSA) is 46.3 Å². The van der Waals surface area contributed by atoms with E-state index in [1.807, 2.05) is 39.1 Å². The van der Waals surface area contributed by atoms with E-state index in [2.05, 4.69) is 13.8 Å². The van der Waals surface area contributed by atoms with Gasteiger partial charge in [-0.25, -0.2) is 0 Å². The lowest BCUT2D eigenvalue weighted by molar-refractivity contribution is 0.0740. The Labute approximate surface area is 122 Å². The van der Waals surface area contributed by atoms with Crippen molar-refractivity contribution in [3.63, 3.8) is 0 Å². The summed E-state index contributed by atoms with van der Waals surface area (Å²) >= 11 is 0. The van der Waals surface area contributed by atoms with Crippen molar-refractivity contribution in [1.29, 1.82) is 0 Å². The van der Waals surface area contributed by atoms with E-state index in [4.69, 9.17) is 5.73 Å². The molecule has 0 atom stereocenters. The zero-order valence-electron chi connectivity index (χ0n) is 12.5. The molecule has 1 aromatic carbocycles. The third-order valence-corrected chi connectivity index (χ3v) is 3.18. The van der Waals surface area contributed by atoms with Gasteiger partial charge in [-0.1, -0.05) is 31.5 Å². The number of amides is 1. The summed E-state index contributed by atoms with van der Waals surface area (Å²) in [6, 6.07) is 5.91. The van der Waals surface area contributed by atoms with Crippen LogP contribution in [0.4, 0.5) is 0 Å². The van der Waals surface area contributed by atoms with E-state index in [1.54, 1.807) is 4.90 Å². The largest absolute Gasteiger partial charge is 0.341 e. The number of nitrogens with zero attached hydrogens (tertiary/aromatic N) is 1. The van der Waals surface area contributed by atoms with Gasteiger partial charge < -0.3 is 10.6 Å². The zero-order valence-corrected chi connectivity index (χ0v) is 13.3. The monoisotopic (exact) mass is 284 g/mol. The molecule has 19 heavy (non-hydrogen) atoms. The highest BCUT2D eigenvalue weighted by molar-refractivity contribution is 5.95. The highest BCUT2D eigenvalue weighted by atomic mass is 35.5. The standard InChI is InChI=1S/C15H24N2O.ClH/c1-11-6-7-13(12(2)8-11)14(18)17(5)10-15(3,4)9-16;/h6-8H,9-10,16H2,1-5H3;1H. The summed E-state index contributed by atoms with van der Waals surface area (Å²) in [5, 5.41) is 0. The molecule has 1 rings (SSSR count). The van der Waals surface area contributed by atoms with Crippen LogP contribution in [0.1, 0.15) is 35.3 Å². The van der Waals surface area contributed by atoms with Gasteiger partial charge in [0.2, 0.25) is 0 Å². The maximum absolute atomic E-state index is 12.4. The van der Waals surface area contributed by atoms with Gasteiger partial charge in [0, 0.05) is 19.2 Å². The van der Waals surface area contributed by atoms with Crippen molar-refractivity contribution >= 4 is 18.3 Å². The highest BCUT2D eigenvalue weighted by Crippen LogP contribution is 2.17. The number of benzene rings is 1. The molecule has 0 aliphatic heterocycles. The molecule has 108 valence electrons. The summed E-state index contributed by atoms with van der Waals surface area (Å²) in [6.07, 6.45) is 0. The Morgan fingerprint density at radius 1 is 1.32 bits per heavy atom. The number of carbonyl (C=O) groups excluding carboxylic acids is 1. The normalized spacial score (nSPS) is 10.8. The van der Waals surface area contributed by atoms with E-state index in [0.29, 0.717) is 13.1 Å². The molecule has 0 fully saturated rings. The molecule has 0 heterocycles. The second-order valence-corrected chi connectivity index (χ2v) is 5.85. The lowest BCUT2D eigenvalue weighted by Crippen LogP contribution is -2.40. The van der Waals surface area contributed by atoms with Crippen LogP contribution in [0.3, 0.4) is 0 Å². The SMILES string of the molecule is Cc1ccc(C(=O)N(C)CC(C)(C)CN)c(C)c1.Cl. The first-order valence-corrected chi connectivity index (χ1v) is 6.29. The van der Waals surface area contributed by atoms with E-state index in [-0.39, 0.29) is 23.7 Å². The van der Waals surface area contributed by atoms with Crippen molar-refractivity contribution in [3.8, 4) is 0 Å². The van der Waals surface area contributed by atoms with Gasteiger partial charge >= 0.3 is 0 Å². The minimum absolute atomic E-state index is 0. The minimum atomic E-state index is -0.0526. The van der Waals surface area contributed by atoms with Crippen molar-refractivity contribution < 1.29 is 4.79 Å². The maximum atomic E-state index is 12.4. The van der Waals surface area contributed by atoms with E-state index in [9.17, 15) is 4.79 Å². The van der Waals surface area contributed by atoms with Crippen LogP contribution in [0.15, 0.2) is 18.2 Å². The van der Waals surface area contributed by atoms with E-state index in [1.165, 1.54) is 5.56 Å². The van der Waals surface area contributed by atoms with Crippen molar-refractivity contribution in [1.82, 2.24) is 4.90 Å². The highest BCUT2D eigenvalue weighted by Gasteiger charge is 2.22. The average molecular weight is 285 g/mol. The van der Waals surface area contributed by atoms with Gasteiger partial charge in [0.15, 0.2) is 0 Å². The van der Waals surface area contributed by atoms with Gasteiger partial charge in [0.1, 0.15) is 0 Å². The van der Waals surface area contributed by atoms with Crippen LogP contribution in [0.5, 0.6) is 0 Å². The molecule has 0 aliphatic rings. The molecule has 0 saturated carbocycles. The minimum Gasteiger partial charge on any atom is -0.341 e. The number of halogens is 1. The van der Waals surface area contributed by atoms with E-state index in [0.717, 1.165) is 11.1 Å². The van der Waals surface area contributed by atoms with Crippen LogP contribution in [0.25, 0.3) is 0 Å². The Morgan fingerprint density at radius 3 is 2.37 bits per heavy atom. The summed E-state index contributed by atoms with van der Waals surface area (Å²) in [7, 11) is 1.83. The zero-order chi connectivity index (χ0) is 13.9. The molecule has 4 heteroatoms. The maximum Gasteiger partial charge on any atom is 0.253 e. The predicted octanol–water partition coefficient (Wildman–Crippen LogP) is 2.78. The Kier molecular flexibility index (Phi) is 6.53. The van der Waals surface area contributed by atoms with Gasteiger partial charge in [-0.3, -0.25) is 4.79 Å². The molecule has 3 nitrogen and oxygen atoms in total. The summed E-state index contributed by atoms with van der Waals surface area (Å²) < 4.78 is 0. The number of rotatable bonds is 4. The molecular weight excluding hydrogens is 260 g/mol. The first kappa shape index (κ1) is 17.9. The average Bonchev–Trinajstić information content (AvgIpc) is 2.27. The Morgan fingerprint density at radius 2 is 1.89 bits per heavy atom. The first-order chi connectivity index (χ1) is 8.26. The van der Waals surface area contributed by atoms with Crippen LogP contribution in [-0.4, -0.2) is 30.9 Å². The molecule has 0 spiro atoms. The van der Waals surface area contributed by atoms with E-state index < -0.39 is 0 Å². The lowest BCUT2D eigenvalue weighted by atomic mass is 9.93.